The van der Waals surface area contributed by atoms with Gasteiger partial charge in [0.2, 0.25) is 0 Å². The number of thiophene rings is 1. The van der Waals surface area contributed by atoms with E-state index in [1.165, 1.54) is 4.88 Å². The molecule has 0 spiro atoms. The number of hydrogen-bond donors (Lipinski definition) is 2. The second kappa shape index (κ2) is 6.10. The van der Waals surface area contributed by atoms with Gasteiger partial charge in [-0.15, -0.1) is 11.3 Å². The van der Waals surface area contributed by atoms with Crippen LogP contribution in [-0.4, -0.2) is 24.9 Å². The summed E-state index contributed by atoms with van der Waals surface area (Å²) in [5.74, 6) is 0.442. The Labute approximate surface area is 95.1 Å². The van der Waals surface area contributed by atoms with Crippen molar-refractivity contribution in [3.05, 3.63) is 17.0 Å². The van der Waals surface area contributed by atoms with E-state index in [0.717, 1.165) is 11.6 Å². The van der Waals surface area contributed by atoms with Gasteiger partial charge in [0, 0.05) is 17.5 Å². The highest BCUT2D eigenvalue weighted by molar-refractivity contribution is 7.13. The largest absolute Gasteiger partial charge is 0.487 e. The third kappa shape index (κ3) is 3.81. The minimum atomic E-state index is 0.165. The number of nitrogens with one attached hydrogen (secondary N) is 1. The zero-order valence-electron chi connectivity index (χ0n) is 9.49. The van der Waals surface area contributed by atoms with E-state index in [1.807, 2.05) is 12.1 Å². The molecule has 1 aromatic heterocycles. The lowest BCUT2D eigenvalue weighted by atomic mass is 10.1. The fourth-order valence-electron chi connectivity index (χ4n) is 1.31. The van der Waals surface area contributed by atoms with Crippen molar-refractivity contribution < 1.29 is 9.84 Å². The Morgan fingerprint density at radius 2 is 2.20 bits per heavy atom. The van der Waals surface area contributed by atoms with E-state index in [2.05, 4.69) is 19.2 Å². The second-order valence-corrected chi connectivity index (χ2v) is 4.97. The average molecular weight is 229 g/mol. The number of methoxy groups -OCH3 is 1. The standard InChI is InChI=1S/C11H19NO2S/c1-8(2)10(7-13)12-6-9-4-5-11(14-3)15-9/h4-5,8,10,12-13H,6-7H2,1-3H3/t10-/m1/s1. The normalized spacial score (nSPS) is 13.1. The molecule has 86 valence electrons. The zero-order chi connectivity index (χ0) is 11.3. The lowest BCUT2D eigenvalue weighted by Gasteiger charge is -2.19. The van der Waals surface area contributed by atoms with Gasteiger partial charge in [-0.1, -0.05) is 13.8 Å². The average Bonchev–Trinajstić information content (AvgIpc) is 2.66. The predicted octanol–water partition coefficient (Wildman–Crippen LogP) is 1.86. The first-order valence-electron chi connectivity index (χ1n) is 5.14. The van der Waals surface area contributed by atoms with Crippen LogP contribution in [0.1, 0.15) is 18.7 Å². The molecule has 3 nitrogen and oxygen atoms in total. The minimum Gasteiger partial charge on any atom is -0.487 e. The van der Waals surface area contributed by atoms with Crippen LogP contribution in [0, 0.1) is 5.92 Å². The van der Waals surface area contributed by atoms with Gasteiger partial charge in [0.05, 0.1) is 13.7 Å². The summed E-state index contributed by atoms with van der Waals surface area (Å²) in [5.41, 5.74) is 0. The van der Waals surface area contributed by atoms with Gasteiger partial charge in [0.25, 0.3) is 0 Å². The van der Waals surface area contributed by atoms with E-state index in [0.29, 0.717) is 5.92 Å². The monoisotopic (exact) mass is 229 g/mol. The predicted molar refractivity (Wildman–Crippen MR) is 63.4 cm³/mol. The molecule has 0 radical (unpaired) electrons. The number of ether oxygens (including phenoxy) is 1. The Balaban J connectivity index is 2.41. The first kappa shape index (κ1) is 12.5. The Kier molecular flexibility index (Phi) is 5.08. The highest BCUT2D eigenvalue weighted by Gasteiger charge is 2.11. The van der Waals surface area contributed by atoms with Gasteiger partial charge < -0.3 is 15.2 Å². The van der Waals surface area contributed by atoms with Gasteiger partial charge in [-0.2, -0.15) is 0 Å². The summed E-state index contributed by atoms with van der Waals surface area (Å²) < 4.78 is 5.12. The van der Waals surface area contributed by atoms with Crippen LogP contribution in [-0.2, 0) is 6.54 Å². The minimum absolute atomic E-state index is 0.165. The third-order valence-corrected chi connectivity index (χ3v) is 3.42. The summed E-state index contributed by atoms with van der Waals surface area (Å²) in [6.45, 7) is 5.17. The molecule has 4 heteroatoms. The van der Waals surface area contributed by atoms with Gasteiger partial charge in [0.1, 0.15) is 0 Å². The van der Waals surface area contributed by atoms with Crippen LogP contribution in [0.15, 0.2) is 12.1 Å². The Morgan fingerprint density at radius 3 is 2.67 bits per heavy atom. The number of rotatable bonds is 6. The van der Waals surface area contributed by atoms with Crippen molar-refractivity contribution in [1.29, 1.82) is 0 Å². The van der Waals surface area contributed by atoms with E-state index >= 15 is 0 Å². The number of hydrogen-bond acceptors (Lipinski definition) is 4. The molecule has 1 heterocycles. The Hall–Kier alpha value is -0.580. The molecule has 0 aliphatic heterocycles. The molecule has 0 fully saturated rings. The fourth-order valence-corrected chi connectivity index (χ4v) is 2.08. The Bertz CT molecular complexity index is 286. The van der Waals surface area contributed by atoms with Crippen LogP contribution < -0.4 is 10.1 Å². The summed E-state index contributed by atoms with van der Waals surface area (Å²) in [7, 11) is 1.67. The molecular weight excluding hydrogens is 210 g/mol. The molecule has 0 aliphatic rings. The van der Waals surface area contributed by atoms with Crippen molar-refractivity contribution in [3.8, 4) is 5.06 Å². The summed E-state index contributed by atoms with van der Waals surface area (Å²) in [5, 5.41) is 13.4. The van der Waals surface area contributed by atoms with Crippen LogP contribution in [0.2, 0.25) is 0 Å². The molecular formula is C11H19NO2S. The first-order chi connectivity index (χ1) is 7.17. The van der Waals surface area contributed by atoms with E-state index in [-0.39, 0.29) is 12.6 Å². The van der Waals surface area contributed by atoms with Crippen molar-refractivity contribution in [2.24, 2.45) is 5.92 Å². The number of aliphatic hydroxyl groups is 1. The summed E-state index contributed by atoms with van der Waals surface area (Å²) in [6.07, 6.45) is 0. The van der Waals surface area contributed by atoms with E-state index in [9.17, 15) is 0 Å². The van der Waals surface area contributed by atoms with Crippen LogP contribution >= 0.6 is 11.3 Å². The first-order valence-corrected chi connectivity index (χ1v) is 5.96. The Morgan fingerprint density at radius 1 is 1.47 bits per heavy atom. The van der Waals surface area contributed by atoms with Gasteiger partial charge in [0.15, 0.2) is 5.06 Å². The van der Waals surface area contributed by atoms with E-state index in [1.54, 1.807) is 18.4 Å². The summed E-state index contributed by atoms with van der Waals surface area (Å²) in [4.78, 5) is 1.23. The molecule has 0 saturated carbocycles. The van der Waals surface area contributed by atoms with Gasteiger partial charge >= 0.3 is 0 Å². The molecule has 0 bridgehead atoms. The van der Waals surface area contributed by atoms with Crippen LogP contribution in [0.5, 0.6) is 5.06 Å². The molecule has 2 N–H and O–H groups in total. The second-order valence-electron chi connectivity index (χ2n) is 3.84. The van der Waals surface area contributed by atoms with Crippen LogP contribution in [0.3, 0.4) is 0 Å². The molecule has 1 aromatic rings. The smallest absolute Gasteiger partial charge is 0.173 e. The summed E-state index contributed by atoms with van der Waals surface area (Å²) >= 11 is 1.63. The van der Waals surface area contributed by atoms with Crippen molar-refractivity contribution in [2.75, 3.05) is 13.7 Å². The van der Waals surface area contributed by atoms with E-state index in [4.69, 9.17) is 9.84 Å². The van der Waals surface area contributed by atoms with E-state index < -0.39 is 0 Å². The lowest BCUT2D eigenvalue weighted by molar-refractivity contribution is 0.210. The molecule has 1 atom stereocenters. The molecule has 15 heavy (non-hydrogen) atoms. The van der Waals surface area contributed by atoms with Crippen LogP contribution in [0.25, 0.3) is 0 Å². The SMILES string of the molecule is COc1ccc(CN[C@H](CO)C(C)C)s1. The van der Waals surface area contributed by atoms with Gasteiger partial charge in [-0.05, 0) is 18.1 Å². The highest BCUT2D eigenvalue weighted by Crippen LogP contribution is 2.23. The number of aliphatic hydroxyl groups excluding tert-OH is 1. The highest BCUT2D eigenvalue weighted by atomic mass is 32.1. The van der Waals surface area contributed by atoms with Crippen molar-refractivity contribution in [1.82, 2.24) is 5.32 Å². The van der Waals surface area contributed by atoms with Crippen LogP contribution in [0.4, 0.5) is 0 Å². The maximum atomic E-state index is 9.14. The lowest BCUT2D eigenvalue weighted by Crippen LogP contribution is -2.36. The van der Waals surface area contributed by atoms with Crippen molar-refractivity contribution in [2.45, 2.75) is 26.4 Å². The topological polar surface area (TPSA) is 41.5 Å². The van der Waals surface area contributed by atoms with Gasteiger partial charge in [-0.3, -0.25) is 0 Å². The molecule has 0 saturated heterocycles. The fraction of sp³-hybridized carbons (Fsp3) is 0.636. The molecule has 0 aromatic carbocycles. The molecule has 0 unspecified atom stereocenters. The maximum Gasteiger partial charge on any atom is 0.173 e. The van der Waals surface area contributed by atoms with Crippen molar-refractivity contribution in [3.63, 3.8) is 0 Å². The maximum absolute atomic E-state index is 9.14. The molecule has 0 aliphatic carbocycles. The quantitative estimate of drug-likeness (QED) is 0.782. The molecule has 0 amide bonds. The third-order valence-electron chi connectivity index (χ3n) is 2.38. The van der Waals surface area contributed by atoms with Gasteiger partial charge in [-0.25, -0.2) is 0 Å². The van der Waals surface area contributed by atoms with Crippen molar-refractivity contribution >= 4 is 11.3 Å². The molecule has 1 rings (SSSR count). The summed E-state index contributed by atoms with van der Waals surface area (Å²) in [6, 6.07) is 4.18. The zero-order valence-corrected chi connectivity index (χ0v) is 10.3.